The van der Waals surface area contributed by atoms with Gasteiger partial charge in [-0.2, -0.15) is 0 Å². The van der Waals surface area contributed by atoms with Crippen LogP contribution >= 0.6 is 0 Å². The number of nitrogens with zero attached hydrogens (tertiary/aromatic N) is 2. The predicted molar refractivity (Wildman–Crippen MR) is 111 cm³/mol. The van der Waals surface area contributed by atoms with Crippen LogP contribution in [-0.2, 0) is 10.0 Å². The first-order valence-corrected chi connectivity index (χ1v) is 11.0. The molecule has 0 saturated carbocycles. The second-order valence-electron chi connectivity index (χ2n) is 7.08. The maximum Gasteiger partial charge on any atom is 0.264 e. The largest absolute Gasteiger partial charge is 0.349 e. The standard InChI is InChI=1S/C21H27N3O3S/c1-3-24(19-9-5-4-6-10-19)28(26,27)20-11-7-8-17(16-20)21(25)22-18-12-14-23(2)15-13-18/h4-11,16,18H,3,12-15H2,1-2H3,(H,22,25). The van der Waals surface area contributed by atoms with Crippen LogP contribution in [0.5, 0.6) is 0 Å². The van der Waals surface area contributed by atoms with Gasteiger partial charge in [0.2, 0.25) is 0 Å². The fraction of sp³-hybridized carbons (Fsp3) is 0.381. The number of piperidine rings is 1. The van der Waals surface area contributed by atoms with E-state index in [4.69, 9.17) is 0 Å². The summed E-state index contributed by atoms with van der Waals surface area (Å²) in [5, 5.41) is 3.04. The van der Waals surface area contributed by atoms with E-state index in [1.165, 1.54) is 16.4 Å². The Kier molecular flexibility index (Phi) is 6.36. The minimum Gasteiger partial charge on any atom is -0.349 e. The molecule has 2 aromatic rings. The molecule has 0 unspecified atom stereocenters. The zero-order valence-corrected chi connectivity index (χ0v) is 17.2. The van der Waals surface area contributed by atoms with Gasteiger partial charge >= 0.3 is 0 Å². The summed E-state index contributed by atoms with van der Waals surface area (Å²) in [7, 11) is -1.69. The number of hydrogen-bond donors (Lipinski definition) is 1. The number of para-hydroxylation sites is 1. The van der Waals surface area contributed by atoms with E-state index < -0.39 is 10.0 Å². The lowest BCUT2D eigenvalue weighted by Crippen LogP contribution is -2.43. The number of likely N-dealkylation sites (tertiary alicyclic amines) is 1. The van der Waals surface area contributed by atoms with E-state index in [0.717, 1.165) is 25.9 Å². The number of benzene rings is 2. The first kappa shape index (κ1) is 20.4. The Morgan fingerprint density at radius 2 is 1.79 bits per heavy atom. The van der Waals surface area contributed by atoms with Crippen molar-refractivity contribution < 1.29 is 13.2 Å². The van der Waals surface area contributed by atoms with Gasteiger partial charge in [0.25, 0.3) is 15.9 Å². The van der Waals surface area contributed by atoms with Gasteiger partial charge in [-0.25, -0.2) is 8.42 Å². The number of amides is 1. The van der Waals surface area contributed by atoms with Gasteiger partial charge in [0, 0.05) is 18.2 Å². The number of sulfonamides is 1. The third-order valence-electron chi connectivity index (χ3n) is 5.07. The first-order chi connectivity index (χ1) is 13.4. The van der Waals surface area contributed by atoms with Gasteiger partial charge in [-0.3, -0.25) is 9.10 Å². The van der Waals surface area contributed by atoms with E-state index in [0.29, 0.717) is 17.8 Å². The number of anilines is 1. The fourth-order valence-electron chi connectivity index (χ4n) is 3.43. The van der Waals surface area contributed by atoms with E-state index in [9.17, 15) is 13.2 Å². The lowest BCUT2D eigenvalue weighted by atomic mass is 10.0. The molecule has 150 valence electrons. The monoisotopic (exact) mass is 401 g/mol. The molecule has 1 aliphatic rings. The molecule has 0 radical (unpaired) electrons. The van der Waals surface area contributed by atoms with E-state index in [2.05, 4.69) is 17.3 Å². The van der Waals surface area contributed by atoms with Gasteiger partial charge in [-0.05, 0) is 70.2 Å². The van der Waals surface area contributed by atoms with Crippen molar-refractivity contribution in [2.24, 2.45) is 0 Å². The van der Waals surface area contributed by atoms with Gasteiger partial charge in [0.05, 0.1) is 10.6 Å². The lowest BCUT2D eigenvalue weighted by Gasteiger charge is -2.29. The molecule has 1 aliphatic heterocycles. The van der Waals surface area contributed by atoms with Gasteiger partial charge in [0.1, 0.15) is 0 Å². The molecule has 0 aliphatic carbocycles. The maximum atomic E-state index is 13.2. The SMILES string of the molecule is CCN(c1ccccc1)S(=O)(=O)c1cccc(C(=O)NC2CCN(C)CC2)c1. The number of hydrogen-bond acceptors (Lipinski definition) is 4. The molecular weight excluding hydrogens is 374 g/mol. The quantitative estimate of drug-likeness (QED) is 0.808. The number of nitrogens with one attached hydrogen (secondary N) is 1. The topological polar surface area (TPSA) is 69.7 Å². The highest BCUT2D eigenvalue weighted by molar-refractivity contribution is 7.92. The van der Waals surface area contributed by atoms with Gasteiger partial charge in [-0.1, -0.05) is 24.3 Å². The summed E-state index contributed by atoms with van der Waals surface area (Å²) >= 11 is 0. The summed E-state index contributed by atoms with van der Waals surface area (Å²) < 4.78 is 27.7. The fourth-order valence-corrected chi connectivity index (χ4v) is 4.95. The zero-order valence-electron chi connectivity index (χ0n) is 16.3. The smallest absolute Gasteiger partial charge is 0.264 e. The normalized spacial score (nSPS) is 15.9. The molecule has 28 heavy (non-hydrogen) atoms. The van der Waals surface area contributed by atoms with Crippen LogP contribution in [0.2, 0.25) is 0 Å². The summed E-state index contributed by atoms with van der Waals surface area (Å²) in [6.45, 7) is 3.99. The maximum absolute atomic E-state index is 13.2. The Bertz CT molecular complexity index is 908. The van der Waals surface area contributed by atoms with Crippen LogP contribution in [0.1, 0.15) is 30.1 Å². The van der Waals surface area contributed by atoms with Crippen molar-refractivity contribution >= 4 is 21.6 Å². The zero-order chi connectivity index (χ0) is 20.1. The average Bonchev–Trinajstić information content (AvgIpc) is 2.71. The molecule has 0 spiro atoms. The van der Waals surface area contributed by atoms with Gasteiger partial charge < -0.3 is 10.2 Å². The van der Waals surface area contributed by atoms with E-state index in [-0.39, 0.29) is 16.8 Å². The highest BCUT2D eigenvalue weighted by Crippen LogP contribution is 2.24. The van der Waals surface area contributed by atoms with Crippen LogP contribution in [0.3, 0.4) is 0 Å². The molecule has 0 aromatic heterocycles. The predicted octanol–water partition coefficient (Wildman–Crippen LogP) is 2.73. The minimum absolute atomic E-state index is 0.120. The van der Waals surface area contributed by atoms with Crippen molar-refractivity contribution in [2.45, 2.75) is 30.7 Å². The van der Waals surface area contributed by atoms with Gasteiger partial charge in [-0.15, -0.1) is 0 Å². The molecular formula is C21H27N3O3S. The highest BCUT2D eigenvalue weighted by Gasteiger charge is 2.25. The Labute approximate surface area is 167 Å². The number of carbonyl (C=O) groups excluding carboxylic acids is 1. The summed E-state index contributed by atoms with van der Waals surface area (Å²) in [4.78, 5) is 15.0. The van der Waals surface area contributed by atoms with Crippen LogP contribution < -0.4 is 9.62 Å². The average molecular weight is 402 g/mol. The number of carbonyl (C=O) groups is 1. The Morgan fingerprint density at radius 3 is 2.43 bits per heavy atom. The van der Waals surface area contributed by atoms with Crippen molar-refractivity contribution in [2.75, 3.05) is 31.0 Å². The molecule has 3 rings (SSSR count). The molecule has 7 heteroatoms. The molecule has 6 nitrogen and oxygen atoms in total. The third kappa shape index (κ3) is 4.54. The summed E-state index contributed by atoms with van der Waals surface area (Å²) in [6.07, 6.45) is 1.80. The highest BCUT2D eigenvalue weighted by atomic mass is 32.2. The van der Waals surface area contributed by atoms with Crippen molar-refractivity contribution in [3.05, 3.63) is 60.2 Å². The molecule has 1 N–H and O–H groups in total. The molecule has 0 bridgehead atoms. The molecule has 1 saturated heterocycles. The Balaban J connectivity index is 1.80. The van der Waals surface area contributed by atoms with Crippen LogP contribution in [0, 0.1) is 0 Å². The molecule has 1 heterocycles. The molecule has 0 atom stereocenters. The number of rotatable bonds is 6. The Morgan fingerprint density at radius 1 is 1.11 bits per heavy atom. The summed E-state index contributed by atoms with van der Waals surface area (Å²) in [6, 6.07) is 15.4. The second kappa shape index (κ2) is 8.75. The van der Waals surface area contributed by atoms with Crippen LogP contribution in [0.4, 0.5) is 5.69 Å². The van der Waals surface area contributed by atoms with Crippen molar-refractivity contribution in [3.63, 3.8) is 0 Å². The van der Waals surface area contributed by atoms with Crippen LogP contribution in [0.25, 0.3) is 0 Å². The third-order valence-corrected chi connectivity index (χ3v) is 6.97. The van der Waals surface area contributed by atoms with E-state index >= 15 is 0 Å². The van der Waals surface area contributed by atoms with Gasteiger partial charge in [0.15, 0.2) is 0 Å². The van der Waals surface area contributed by atoms with Crippen LogP contribution in [0.15, 0.2) is 59.5 Å². The van der Waals surface area contributed by atoms with E-state index in [1.54, 1.807) is 43.3 Å². The van der Waals surface area contributed by atoms with Crippen molar-refractivity contribution in [1.29, 1.82) is 0 Å². The van der Waals surface area contributed by atoms with Crippen LogP contribution in [-0.4, -0.2) is 51.9 Å². The lowest BCUT2D eigenvalue weighted by molar-refractivity contribution is 0.0916. The minimum atomic E-state index is -3.75. The first-order valence-electron chi connectivity index (χ1n) is 9.59. The Hall–Kier alpha value is -2.38. The summed E-state index contributed by atoms with van der Waals surface area (Å²) in [5.41, 5.74) is 0.968. The van der Waals surface area contributed by atoms with E-state index in [1.807, 2.05) is 6.07 Å². The van der Waals surface area contributed by atoms with Crippen molar-refractivity contribution in [3.8, 4) is 0 Å². The second-order valence-corrected chi connectivity index (χ2v) is 8.95. The summed E-state index contributed by atoms with van der Waals surface area (Å²) in [5.74, 6) is -0.227. The molecule has 1 amide bonds. The molecule has 2 aromatic carbocycles. The molecule has 1 fully saturated rings. The van der Waals surface area contributed by atoms with Crippen molar-refractivity contribution in [1.82, 2.24) is 10.2 Å².